The summed E-state index contributed by atoms with van der Waals surface area (Å²) in [5, 5.41) is 0.443. The molecule has 2 aromatic rings. The van der Waals surface area contributed by atoms with Gasteiger partial charge in [0.15, 0.2) is 0 Å². The van der Waals surface area contributed by atoms with Gasteiger partial charge in [0, 0.05) is 6.20 Å². The first-order chi connectivity index (χ1) is 6.77. The summed E-state index contributed by atoms with van der Waals surface area (Å²) in [5.74, 6) is 0.190. The van der Waals surface area contributed by atoms with E-state index in [0.717, 1.165) is 0 Å². The Morgan fingerprint density at radius 3 is 2.79 bits per heavy atom. The third-order valence-corrected chi connectivity index (χ3v) is 1.95. The lowest BCUT2D eigenvalue weighted by Gasteiger charge is -2.01. The summed E-state index contributed by atoms with van der Waals surface area (Å²) in [6.45, 7) is 0. The Hall–Kier alpha value is -1.68. The van der Waals surface area contributed by atoms with E-state index >= 15 is 0 Å². The molecular weight excluding hydrogens is 200 g/mol. The SMILES string of the molecule is Nc1ncc(Cl)c(-c2ccccn2)n1. The van der Waals surface area contributed by atoms with Gasteiger partial charge in [-0.25, -0.2) is 9.97 Å². The third kappa shape index (κ3) is 1.65. The molecule has 2 heterocycles. The Labute approximate surface area is 85.8 Å². The highest BCUT2D eigenvalue weighted by Gasteiger charge is 2.06. The minimum atomic E-state index is 0.190. The Morgan fingerprint density at radius 2 is 2.07 bits per heavy atom. The maximum atomic E-state index is 5.91. The molecule has 0 radical (unpaired) electrons. The number of hydrogen-bond donors (Lipinski definition) is 1. The fourth-order valence-corrected chi connectivity index (χ4v) is 1.25. The van der Waals surface area contributed by atoms with Crippen LogP contribution in [0.25, 0.3) is 11.4 Å². The molecule has 2 aromatic heterocycles. The molecule has 2 N–H and O–H groups in total. The van der Waals surface area contributed by atoms with Gasteiger partial charge in [0.2, 0.25) is 5.95 Å². The van der Waals surface area contributed by atoms with Crippen LogP contribution in [0, 0.1) is 0 Å². The summed E-state index contributed by atoms with van der Waals surface area (Å²) in [6.07, 6.45) is 3.14. The lowest BCUT2D eigenvalue weighted by Crippen LogP contribution is -1.97. The number of nitrogen functional groups attached to an aromatic ring is 1. The predicted molar refractivity (Wildman–Crippen MR) is 54.7 cm³/mol. The van der Waals surface area contributed by atoms with Crippen LogP contribution < -0.4 is 5.73 Å². The van der Waals surface area contributed by atoms with E-state index in [2.05, 4.69) is 15.0 Å². The van der Waals surface area contributed by atoms with E-state index in [0.29, 0.717) is 16.4 Å². The van der Waals surface area contributed by atoms with Crippen molar-refractivity contribution in [2.45, 2.75) is 0 Å². The molecule has 0 fully saturated rings. The first-order valence-electron chi connectivity index (χ1n) is 3.97. The number of pyridine rings is 1. The van der Waals surface area contributed by atoms with Gasteiger partial charge >= 0.3 is 0 Å². The lowest BCUT2D eigenvalue weighted by molar-refractivity contribution is 1.17. The standard InChI is InChI=1S/C9H7ClN4/c10-6-5-13-9(11)14-8(6)7-3-1-2-4-12-7/h1-5H,(H2,11,13,14). The van der Waals surface area contributed by atoms with Crippen LogP contribution in [0.2, 0.25) is 5.02 Å². The first-order valence-corrected chi connectivity index (χ1v) is 4.34. The summed E-state index contributed by atoms with van der Waals surface area (Å²) in [4.78, 5) is 11.9. The average Bonchev–Trinajstić information content (AvgIpc) is 2.23. The van der Waals surface area contributed by atoms with Crippen LogP contribution >= 0.6 is 11.6 Å². The van der Waals surface area contributed by atoms with Crippen molar-refractivity contribution in [1.82, 2.24) is 15.0 Å². The molecule has 0 spiro atoms. The summed E-state index contributed by atoms with van der Waals surface area (Å²) < 4.78 is 0. The average molecular weight is 207 g/mol. The van der Waals surface area contributed by atoms with Crippen LogP contribution in [-0.2, 0) is 0 Å². The van der Waals surface area contributed by atoms with Gasteiger partial charge < -0.3 is 5.73 Å². The normalized spacial score (nSPS) is 10.1. The van der Waals surface area contributed by atoms with Crippen molar-refractivity contribution in [1.29, 1.82) is 0 Å². The van der Waals surface area contributed by atoms with E-state index in [4.69, 9.17) is 17.3 Å². The van der Waals surface area contributed by atoms with Crippen LogP contribution in [0.15, 0.2) is 30.6 Å². The van der Waals surface area contributed by atoms with Gasteiger partial charge in [-0.2, -0.15) is 0 Å². The number of aromatic nitrogens is 3. The third-order valence-electron chi connectivity index (χ3n) is 1.67. The smallest absolute Gasteiger partial charge is 0.220 e. The van der Waals surface area contributed by atoms with Gasteiger partial charge in [-0.15, -0.1) is 0 Å². The molecule has 0 unspecified atom stereocenters. The van der Waals surface area contributed by atoms with E-state index in [9.17, 15) is 0 Å². The second-order valence-corrected chi connectivity index (χ2v) is 3.05. The summed E-state index contributed by atoms with van der Waals surface area (Å²) in [5.41, 5.74) is 6.70. The monoisotopic (exact) mass is 206 g/mol. The number of hydrogen-bond acceptors (Lipinski definition) is 4. The summed E-state index contributed by atoms with van der Waals surface area (Å²) in [6, 6.07) is 5.49. The second kappa shape index (κ2) is 3.59. The minimum Gasteiger partial charge on any atom is -0.368 e. The van der Waals surface area contributed by atoms with Gasteiger partial charge in [-0.1, -0.05) is 17.7 Å². The molecule has 0 aromatic carbocycles. The molecule has 0 saturated carbocycles. The number of rotatable bonds is 1. The molecule has 0 aliphatic heterocycles. The number of anilines is 1. The van der Waals surface area contributed by atoms with Crippen LogP contribution in [0.4, 0.5) is 5.95 Å². The van der Waals surface area contributed by atoms with Crippen LogP contribution in [0.5, 0.6) is 0 Å². The molecule has 0 amide bonds. The van der Waals surface area contributed by atoms with E-state index in [-0.39, 0.29) is 5.95 Å². The zero-order valence-corrected chi connectivity index (χ0v) is 7.94. The molecular formula is C9H7ClN4. The number of nitrogens with two attached hydrogens (primary N) is 1. The Balaban J connectivity index is 2.57. The van der Waals surface area contributed by atoms with E-state index < -0.39 is 0 Å². The minimum absolute atomic E-state index is 0.190. The fourth-order valence-electron chi connectivity index (χ4n) is 1.06. The van der Waals surface area contributed by atoms with Crippen LogP contribution in [-0.4, -0.2) is 15.0 Å². The molecule has 4 nitrogen and oxygen atoms in total. The van der Waals surface area contributed by atoms with Crippen molar-refractivity contribution in [3.8, 4) is 11.4 Å². The summed E-state index contributed by atoms with van der Waals surface area (Å²) >= 11 is 5.91. The Bertz CT molecular complexity index is 444. The highest BCUT2D eigenvalue weighted by atomic mass is 35.5. The van der Waals surface area contributed by atoms with Crippen molar-refractivity contribution in [2.75, 3.05) is 5.73 Å². The zero-order chi connectivity index (χ0) is 9.97. The molecule has 2 rings (SSSR count). The fraction of sp³-hybridized carbons (Fsp3) is 0. The van der Waals surface area contributed by atoms with Crippen LogP contribution in [0.1, 0.15) is 0 Å². The van der Waals surface area contributed by atoms with Crippen molar-refractivity contribution >= 4 is 17.5 Å². The van der Waals surface area contributed by atoms with Crippen LogP contribution in [0.3, 0.4) is 0 Å². The second-order valence-electron chi connectivity index (χ2n) is 2.64. The quantitative estimate of drug-likeness (QED) is 0.773. The number of nitrogens with zero attached hydrogens (tertiary/aromatic N) is 3. The molecule has 0 saturated heterocycles. The predicted octanol–water partition coefficient (Wildman–Crippen LogP) is 1.77. The van der Waals surface area contributed by atoms with Crippen molar-refractivity contribution < 1.29 is 0 Å². The maximum absolute atomic E-state index is 5.91. The molecule has 0 aliphatic rings. The van der Waals surface area contributed by atoms with Crippen molar-refractivity contribution in [3.05, 3.63) is 35.6 Å². The van der Waals surface area contributed by atoms with Gasteiger partial charge in [0.25, 0.3) is 0 Å². The van der Waals surface area contributed by atoms with Gasteiger partial charge in [0.05, 0.1) is 16.9 Å². The molecule has 70 valence electrons. The van der Waals surface area contributed by atoms with Crippen molar-refractivity contribution in [2.24, 2.45) is 0 Å². The lowest BCUT2D eigenvalue weighted by atomic mass is 10.2. The largest absolute Gasteiger partial charge is 0.368 e. The van der Waals surface area contributed by atoms with E-state index in [1.54, 1.807) is 6.20 Å². The summed E-state index contributed by atoms with van der Waals surface area (Å²) in [7, 11) is 0. The first kappa shape index (κ1) is 8.90. The Kier molecular flexibility index (Phi) is 2.28. The highest BCUT2D eigenvalue weighted by molar-refractivity contribution is 6.32. The van der Waals surface area contributed by atoms with Crippen molar-refractivity contribution in [3.63, 3.8) is 0 Å². The highest BCUT2D eigenvalue weighted by Crippen LogP contribution is 2.23. The molecule has 5 heteroatoms. The molecule has 0 bridgehead atoms. The van der Waals surface area contributed by atoms with Gasteiger partial charge in [-0.05, 0) is 12.1 Å². The van der Waals surface area contributed by atoms with Gasteiger partial charge in [0.1, 0.15) is 5.69 Å². The molecule has 0 aliphatic carbocycles. The van der Waals surface area contributed by atoms with E-state index in [1.807, 2.05) is 18.2 Å². The molecule has 14 heavy (non-hydrogen) atoms. The van der Waals surface area contributed by atoms with Gasteiger partial charge in [-0.3, -0.25) is 4.98 Å². The molecule has 0 atom stereocenters. The zero-order valence-electron chi connectivity index (χ0n) is 7.18. The topological polar surface area (TPSA) is 64.7 Å². The van der Waals surface area contributed by atoms with E-state index in [1.165, 1.54) is 6.20 Å². The number of halogens is 1. The Morgan fingerprint density at radius 1 is 1.21 bits per heavy atom. The maximum Gasteiger partial charge on any atom is 0.220 e.